The number of aryl methyl sites for hydroxylation is 1. The molecule has 0 N–H and O–H groups in total. The molecule has 17 heavy (non-hydrogen) atoms. The Morgan fingerprint density at radius 2 is 1.76 bits per heavy atom. The lowest BCUT2D eigenvalue weighted by Gasteiger charge is -2.15. The van der Waals surface area contributed by atoms with Crippen molar-refractivity contribution in [2.24, 2.45) is 5.92 Å². The van der Waals surface area contributed by atoms with Gasteiger partial charge in [-0.25, -0.2) is 8.42 Å². The fourth-order valence-electron chi connectivity index (χ4n) is 2.30. The summed E-state index contributed by atoms with van der Waals surface area (Å²) in [6, 6.07) is 6.82. The number of carbonyl (C=O) groups excluding carboxylic acids is 1. The summed E-state index contributed by atoms with van der Waals surface area (Å²) in [5.74, 6) is -0.313. The summed E-state index contributed by atoms with van der Waals surface area (Å²) in [6.45, 7) is 3.63. The van der Waals surface area contributed by atoms with Crippen LogP contribution in [0.25, 0.3) is 0 Å². The van der Waals surface area contributed by atoms with Crippen molar-refractivity contribution >= 4 is 15.6 Å². The highest BCUT2D eigenvalue weighted by Gasteiger charge is 2.40. The number of benzene rings is 1. The lowest BCUT2D eigenvalue weighted by atomic mass is 10.1. The van der Waals surface area contributed by atoms with Gasteiger partial charge in [0.05, 0.1) is 10.1 Å². The third-order valence-electron chi connectivity index (χ3n) is 3.49. The molecule has 0 bridgehead atoms. The number of carbonyl (C=O) groups is 1. The van der Waals surface area contributed by atoms with Gasteiger partial charge in [0.1, 0.15) is 5.78 Å². The summed E-state index contributed by atoms with van der Waals surface area (Å²) < 4.78 is 24.7. The molecule has 1 aromatic carbocycles. The molecule has 1 saturated carbocycles. The minimum atomic E-state index is -3.36. The minimum absolute atomic E-state index is 0.0608. The van der Waals surface area contributed by atoms with Crippen LogP contribution in [0.2, 0.25) is 0 Å². The van der Waals surface area contributed by atoms with Gasteiger partial charge < -0.3 is 0 Å². The fourth-order valence-corrected chi connectivity index (χ4v) is 4.28. The van der Waals surface area contributed by atoms with E-state index in [1.807, 2.05) is 6.92 Å². The molecule has 1 aromatic rings. The number of sulfone groups is 1. The van der Waals surface area contributed by atoms with Gasteiger partial charge in [0.2, 0.25) is 0 Å². The van der Waals surface area contributed by atoms with E-state index in [0.29, 0.717) is 17.7 Å². The summed E-state index contributed by atoms with van der Waals surface area (Å²) in [7, 11) is -3.36. The van der Waals surface area contributed by atoms with E-state index in [4.69, 9.17) is 0 Å². The first-order valence-corrected chi connectivity index (χ1v) is 7.31. The molecule has 0 amide bonds. The normalized spacial score (nSPS) is 25.2. The van der Waals surface area contributed by atoms with E-state index in [-0.39, 0.29) is 11.7 Å². The first kappa shape index (κ1) is 12.3. The van der Waals surface area contributed by atoms with Gasteiger partial charge in [0, 0.05) is 12.3 Å². The van der Waals surface area contributed by atoms with Gasteiger partial charge in [-0.3, -0.25) is 4.79 Å². The predicted molar refractivity (Wildman–Crippen MR) is 65.6 cm³/mol. The van der Waals surface area contributed by atoms with E-state index < -0.39 is 15.1 Å². The van der Waals surface area contributed by atoms with Crippen LogP contribution in [0.5, 0.6) is 0 Å². The van der Waals surface area contributed by atoms with Crippen molar-refractivity contribution in [3.8, 4) is 0 Å². The van der Waals surface area contributed by atoms with E-state index in [2.05, 4.69) is 0 Å². The van der Waals surface area contributed by atoms with Crippen molar-refractivity contribution in [2.45, 2.75) is 36.8 Å². The molecule has 2 atom stereocenters. The second-order valence-corrected chi connectivity index (χ2v) is 6.86. The summed E-state index contributed by atoms with van der Waals surface area (Å²) in [5.41, 5.74) is 1.03. The van der Waals surface area contributed by atoms with Crippen molar-refractivity contribution in [3.63, 3.8) is 0 Å². The maximum Gasteiger partial charge on any atom is 0.181 e. The summed E-state index contributed by atoms with van der Waals surface area (Å²) in [4.78, 5) is 11.8. The van der Waals surface area contributed by atoms with Crippen molar-refractivity contribution in [1.29, 1.82) is 0 Å². The van der Waals surface area contributed by atoms with Crippen LogP contribution in [0.3, 0.4) is 0 Å². The number of Topliss-reactive ketones (excluding diaryl/α,β-unsaturated/α-hetero) is 1. The summed E-state index contributed by atoms with van der Waals surface area (Å²) in [6.07, 6.45) is 0.840. The molecular formula is C13H16O3S. The fraction of sp³-hybridized carbons (Fsp3) is 0.462. The average molecular weight is 252 g/mol. The molecule has 1 fully saturated rings. The Bertz CT molecular complexity index is 528. The second kappa shape index (κ2) is 4.26. The number of hydrogen-bond donors (Lipinski definition) is 0. The number of ketones is 1. The van der Waals surface area contributed by atoms with Crippen molar-refractivity contribution < 1.29 is 13.2 Å². The quantitative estimate of drug-likeness (QED) is 0.810. The Hall–Kier alpha value is -1.16. The molecule has 1 aliphatic carbocycles. The van der Waals surface area contributed by atoms with Gasteiger partial charge in [0.15, 0.2) is 9.84 Å². The highest BCUT2D eigenvalue weighted by atomic mass is 32.2. The van der Waals surface area contributed by atoms with Crippen LogP contribution in [-0.4, -0.2) is 19.5 Å². The highest BCUT2D eigenvalue weighted by molar-refractivity contribution is 7.92. The average Bonchev–Trinajstić information content (AvgIpc) is 2.61. The molecule has 3 nitrogen and oxygen atoms in total. The molecule has 1 aliphatic rings. The van der Waals surface area contributed by atoms with Crippen molar-refractivity contribution in [2.75, 3.05) is 0 Å². The highest BCUT2D eigenvalue weighted by Crippen LogP contribution is 2.32. The molecular weight excluding hydrogens is 236 g/mol. The molecule has 2 rings (SSSR count). The minimum Gasteiger partial charge on any atom is -0.299 e. The van der Waals surface area contributed by atoms with E-state index in [0.717, 1.165) is 5.56 Å². The molecule has 0 radical (unpaired) electrons. The number of hydrogen-bond acceptors (Lipinski definition) is 3. The summed E-state index contributed by atoms with van der Waals surface area (Å²) >= 11 is 0. The van der Waals surface area contributed by atoms with Crippen molar-refractivity contribution in [1.82, 2.24) is 0 Å². The molecule has 0 aromatic heterocycles. The topological polar surface area (TPSA) is 51.2 Å². The second-order valence-electron chi connectivity index (χ2n) is 4.69. The maximum atomic E-state index is 12.3. The van der Waals surface area contributed by atoms with Crippen LogP contribution in [0, 0.1) is 12.8 Å². The van der Waals surface area contributed by atoms with Crippen LogP contribution >= 0.6 is 0 Å². The largest absolute Gasteiger partial charge is 0.299 e. The third kappa shape index (κ3) is 2.14. The van der Waals surface area contributed by atoms with Crippen LogP contribution in [0.4, 0.5) is 0 Å². The molecule has 92 valence electrons. The first-order valence-electron chi connectivity index (χ1n) is 5.76. The van der Waals surface area contributed by atoms with Gasteiger partial charge in [0.25, 0.3) is 0 Å². The van der Waals surface area contributed by atoms with Gasteiger partial charge in [-0.05, 0) is 25.5 Å². The zero-order valence-electron chi connectivity index (χ0n) is 10.0. The monoisotopic (exact) mass is 252 g/mol. The van der Waals surface area contributed by atoms with E-state index >= 15 is 0 Å². The molecule has 0 spiro atoms. The Balaban J connectivity index is 2.37. The Morgan fingerprint density at radius 1 is 1.18 bits per heavy atom. The SMILES string of the molecule is Cc1ccc(S(=O)(=O)C2CCC(=O)C2C)cc1. The van der Waals surface area contributed by atoms with Gasteiger partial charge in [-0.15, -0.1) is 0 Å². The van der Waals surface area contributed by atoms with Crippen LogP contribution in [0.15, 0.2) is 29.2 Å². The predicted octanol–water partition coefficient (Wildman–Crippen LogP) is 2.14. The molecule has 4 heteroatoms. The molecule has 0 heterocycles. The number of rotatable bonds is 2. The zero-order valence-corrected chi connectivity index (χ0v) is 10.8. The first-order chi connectivity index (χ1) is 7.93. The molecule has 0 saturated heterocycles. The van der Waals surface area contributed by atoms with E-state index in [1.165, 1.54) is 0 Å². The van der Waals surface area contributed by atoms with E-state index in [9.17, 15) is 13.2 Å². The molecule has 2 unspecified atom stereocenters. The summed E-state index contributed by atoms with van der Waals surface area (Å²) in [5, 5.41) is -0.544. The van der Waals surface area contributed by atoms with Gasteiger partial charge >= 0.3 is 0 Å². The van der Waals surface area contributed by atoms with Crippen LogP contribution < -0.4 is 0 Å². The van der Waals surface area contributed by atoms with Gasteiger partial charge in [-0.1, -0.05) is 24.6 Å². The maximum absolute atomic E-state index is 12.3. The van der Waals surface area contributed by atoms with Crippen LogP contribution in [0.1, 0.15) is 25.3 Å². The van der Waals surface area contributed by atoms with Gasteiger partial charge in [-0.2, -0.15) is 0 Å². The Kier molecular flexibility index (Phi) is 3.08. The van der Waals surface area contributed by atoms with E-state index in [1.54, 1.807) is 31.2 Å². The van der Waals surface area contributed by atoms with Crippen LogP contribution in [-0.2, 0) is 14.6 Å². The third-order valence-corrected chi connectivity index (χ3v) is 5.86. The van der Waals surface area contributed by atoms with Crippen molar-refractivity contribution in [3.05, 3.63) is 29.8 Å². The lowest BCUT2D eigenvalue weighted by Crippen LogP contribution is -2.26. The molecule has 0 aliphatic heterocycles. The smallest absolute Gasteiger partial charge is 0.181 e. The Labute approximate surface area is 102 Å². The lowest BCUT2D eigenvalue weighted by molar-refractivity contribution is -0.120. The zero-order chi connectivity index (χ0) is 12.6. The standard InChI is InChI=1S/C13H16O3S/c1-9-3-5-11(6-4-9)17(15,16)13-8-7-12(14)10(13)2/h3-6,10,13H,7-8H2,1-2H3. The Morgan fingerprint density at radius 3 is 2.24 bits per heavy atom.